The van der Waals surface area contributed by atoms with Gasteiger partial charge in [0, 0.05) is 29.6 Å². The lowest BCUT2D eigenvalue weighted by Gasteiger charge is -2.10. The van der Waals surface area contributed by atoms with E-state index in [1.165, 1.54) is 12.3 Å². The fourth-order valence-electron chi connectivity index (χ4n) is 3.03. The quantitative estimate of drug-likeness (QED) is 0.263. The molecular weight excluding hydrogens is 368 g/mol. The van der Waals surface area contributed by atoms with Gasteiger partial charge in [-0.15, -0.1) is 0 Å². The zero-order valence-electron chi connectivity index (χ0n) is 16.2. The van der Waals surface area contributed by atoms with Gasteiger partial charge in [-0.05, 0) is 37.6 Å². The van der Waals surface area contributed by atoms with Gasteiger partial charge in [-0.25, -0.2) is 4.79 Å². The van der Waals surface area contributed by atoms with Crippen molar-refractivity contribution in [3.8, 4) is 6.07 Å². The van der Waals surface area contributed by atoms with E-state index in [0.717, 1.165) is 17.0 Å². The fraction of sp³-hybridized carbons (Fsp3) is 0.174. The van der Waals surface area contributed by atoms with E-state index >= 15 is 0 Å². The van der Waals surface area contributed by atoms with Crippen LogP contribution in [0.3, 0.4) is 0 Å². The highest BCUT2D eigenvalue weighted by molar-refractivity contribution is 6.02. The van der Waals surface area contributed by atoms with Gasteiger partial charge in [-0.2, -0.15) is 5.26 Å². The van der Waals surface area contributed by atoms with E-state index in [2.05, 4.69) is 0 Å². The van der Waals surface area contributed by atoms with Gasteiger partial charge in [0.2, 0.25) is 5.78 Å². The number of rotatable bonds is 7. The van der Waals surface area contributed by atoms with E-state index < -0.39 is 12.6 Å². The molecule has 0 atom stereocenters. The van der Waals surface area contributed by atoms with Crippen LogP contribution in [0.2, 0.25) is 0 Å². The molecule has 3 aromatic rings. The number of nitriles is 1. The topological polar surface area (TPSA) is 85.2 Å². The molecule has 0 unspecified atom stereocenters. The van der Waals surface area contributed by atoms with Crippen LogP contribution < -0.4 is 0 Å². The number of aryl methyl sites for hydroxylation is 1. The van der Waals surface area contributed by atoms with Crippen LogP contribution in [0.15, 0.2) is 64.8 Å². The summed E-state index contributed by atoms with van der Waals surface area (Å²) in [6.45, 7) is 4.00. The molecule has 0 saturated carbocycles. The minimum absolute atomic E-state index is 0.234. The van der Waals surface area contributed by atoms with Crippen LogP contribution in [0.25, 0.3) is 6.08 Å². The Morgan fingerprint density at radius 1 is 1.17 bits per heavy atom. The highest BCUT2D eigenvalue weighted by Crippen LogP contribution is 2.18. The van der Waals surface area contributed by atoms with Crippen molar-refractivity contribution in [1.82, 2.24) is 4.57 Å². The zero-order chi connectivity index (χ0) is 20.8. The van der Waals surface area contributed by atoms with E-state index in [9.17, 15) is 9.59 Å². The van der Waals surface area contributed by atoms with Crippen molar-refractivity contribution < 1.29 is 18.7 Å². The van der Waals surface area contributed by atoms with Crippen molar-refractivity contribution in [2.45, 2.75) is 20.4 Å². The molecule has 3 rings (SSSR count). The number of hydrogen-bond donors (Lipinski definition) is 0. The van der Waals surface area contributed by atoms with Crippen LogP contribution >= 0.6 is 0 Å². The lowest BCUT2D eigenvalue weighted by molar-refractivity contribution is -0.137. The summed E-state index contributed by atoms with van der Waals surface area (Å²) in [6, 6.07) is 16.8. The number of nitrogens with zero attached hydrogens (tertiary/aromatic N) is 2. The zero-order valence-corrected chi connectivity index (χ0v) is 16.2. The number of ketones is 1. The molecular formula is C23H20N2O4. The number of ether oxygens (including phenoxy) is 1. The number of hydrogen-bond acceptors (Lipinski definition) is 5. The molecule has 0 aliphatic heterocycles. The van der Waals surface area contributed by atoms with Gasteiger partial charge in [0.15, 0.2) is 6.61 Å². The Bertz CT molecular complexity index is 1080. The maximum Gasteiger partial charge on any atom is 0.349 e. The number of carbonyl (C=O) groups excluding carboxylic acids is 2. The number of benzene rings is 1. The van der Waals surface area contributed by atoms with Crippen LogP contribution in [0.5, 0.6) is 0 Å². The molecule has 0 spiro atoms. The normalized spacial score (nSPS) is 11.1. The molecule has 2 aromatic heterocycles. The molecule has 1 aromatic carbocycles. The lowest BCUT2D eigenvalue weighted by Crippen LogP contribution is -2.16. The Balaban J connectivity index is 1.69. The Morgan fingerprint density at radius 2 is 1.93 bits per heavy atom. The van der Waals surface area contributed by atoms with Crippen molar-refractivity contribution in [1.29, 1.82) is 5.26 Å². The van der Waals surface area contributed by atoms with Crippen LogP contribution in [-0.2, 0) is 16.1 Å². The SMILES string of the molecule is Cc1cc(C(=O)COC(=O)/C(C#N)=C/c2ccco2)c(C)n1Cc1ccccc1. The highest BCUT2D eigenvalue weighted by Gasteiger charge is 2.19. The van der Waals surface area contributed by atoms with E-state index in [0.29, 0.717) is 17.9 Å². The van der Waals surface area contributed by atoms with E-state index in [-0.39, 0.29) is 11.4 Å². The second-order valence-electron chi connectivity index (χ2n) is 6.54. The van der Waals surface area contributed by atoms with Crippen molar-refractivity contribution in [2.24, 2.45) is 0 Å². The molecule has 0 bridgehead atoms. The Hall–Kier alpha value is -3.85. The second-order valence-corrected chi connectivity index (χ2v) is 6.54. The Kier molecular flexibility index (Phi) is 6.10. The van der Waals surface area contributed by atoms with Crippen molar-refractivity contribution >= 4 is 17.8 Å². The molecule has 0 saturated heterocycles. The monoisotopic (exact) mass is 388 g/mol. The third-order valence-electron chi connectivity index (χ3n) is 4.56. The van der Waals surface area contributed by atoms with E-state index in [4.69, 9.17) is 14.4 Å². The van der Waals surface area contributed by atoms with Gasteiger partial charge in [-0.1, -0.05) is 30.3 Å². The molecule has 0 amide bonds. The van der Waals surface area contributed by atoms with Crippen molar-refractivity contribution in [2.75, 3.05) is 6.61 Å². The summed E-state index contributed by atoms with van der Waals surface area (Å²) >= 11 is 0. The average molecular weight is 388 g/mol. The number of Topliss-reactive ketones (excluding diaryl/α,β-unsaturated/α-hetero) is 1. The van der Waals surface area contributed by atoms with Crippen LogP contribution in [-0.4, -0.2) is 22.9 Å². The summed E-state index contributed by atoms with van der Waals surface area (Å²) in [6.07, 6.45) is 2.71. The first-order chi connectivity index (χ1) is 14.0. The number of aromatic nitrogens is 1. The maximum absolute atomic E-state index is 12.6. The summed E-state index contributed by atoms with van der Waals surface area (Å²) in [5, 5.41) is 9.15. The van der Waals surface area contributed by atoms with Crippen molar-refractivity contribution in [3.05, 3.63) is 88.6 Å². The first kappa shape index (κ1) is 19.9. The van der Waals surface area contributed by atoms with Crippen LogP contribution in [0, 0.1) is 25.2 Å². The van der Waals surface area contributed by atoms with E-state index in [1.54, 1.807) is 24.3 Å². The number of esters is 1. The predicted octanol–water partition coefficient (Wildman–Crippen LogP) is 4.08. The van der Waals surface area contributed by atoms with Crippen molar-refractivity contribution in [3.63, 3.8) is 0 Å². The summed E-state index contributed by atoms with van der Waals surface area (Å²) < 4.78 is 12.2. The standard InChI is InChI=1S/C23H20N2O4/c1-16-11-21(17(2)25(16)14-18-7-4-3-5-8-18)22(26)15-29-23(27)19(13-24)12-20-9-6-10-28-20/h3-12H,14-15H2,1-2H3/b19-12+. The van der Waals surface area contributed by atoms with Crippen LogP contribution in [0.4, 0.5) is 0 Å². The minimum Gasteiger partial charge on any atom is -0.465 e. The molecule has 6 heteroatoms. The summed E-state index contributed by atoms with van der Waals surface area (Å²) in [7, 11) is 0. The average Bonchev–Trinajstić information content (AvgIpc) is 3.34. The third kappa shape index (κ3) is 4.71. The second kappa shape index (κ2) is 8.89. The fourth-order valence-corrected chi connectivity index (χ4v) is 3.03. The predicted molar refractivity (Wildman–Crippen MR) is 107 cm³/mol. The van der Waals surface area contributed by atoms with Gasteiger partial charge in [-0.3, -0.25) is 4.79 Å². The Morgan fingerprint density at radius 3 is 2.59 bits per heavy atom. The van der Waals surface area contributed by atoms with Gasteiger partial charge in [0.1, 0.15) is 17.4 Å². The molecule has 0 radical (unpaired) electrons. The largest absolute Gasteiger partial charge is 0.465 e. The molecule has 0 N–H and O–H groups in total. The minimum atomic E-state index is -0.865. The van der Waals surface area contributed by atoms with Gasteiger partial charge >= 0.3 is 5.97 Å². The first-order valence-corrected chi connectivity index (χ1v) is 9.06. The van der Waals surface area contributed by atoms with Gasteiger partial charge in [0.05, 0.1) is 6.26 Å². The Labute approximate surface area is 168 Å². The molecule has 146 valence electrons. The highest BCUT2D eigenvalue weighted by atomic mass is 16.5. The molecule has 0 aliphatic rings. The lowest BCUT2D eigenvalue weighted by atomic mass is 10.1. The van der Waals surface area contributed by atoms with E-state index in [1.807, 2.05) is 48.7 Å². The first-order valence-electron chi connectivity index (χ1n) is 9.06. The summed E-state index contributed by atoms with van der Waals surface area (Å²) in [4.78, 5) is 24.7. The van der Waals surface area contributed by atoms with Gasteiger partial charge in [0.25, 0.3) is 0 Å². The number of furan rings is 1. The van der Waals surface area contributed by atoms with Crippen LogP contribution in [0.1, 0.15) is 33.1 Å². The smallest absolute Gasteiger partial charge is 0.349 e. The maximum atomic E-state index is 12.6. The molecule has 0 fully saturated rings. The third-order valence-corrected chi connectivity index (χ3v) is 4.56. The molecule has 2 heterocycles. The summed E-state index contributed by atoms with van der Waals surface area (Å²) in [5.41, 5.74) is 3.14. The number of carbonyl (C=O) groups is 2. The molecule has 0 aliphatic carbocycles. The summed E-state index contributed by atoms with van der Waals surface area (Å²) in [5.74, 6) is -0.828. The molecule has 6 nitrogen and oxygen atoms in total. The van der Waals surface area contributed by atoms with Gasteiger partial charge < -0.3 is 13.7 Å². The molecule has 29 heavy (non-hydrogen) atoms.